The van der Waals surface area contributed by atoms with Crippen LogP contribution in [0.3, 0.4) is 0 Å². The van der Waals surface area contributed by atoms with Crippen LogP contribution in [0.15, 0.2) is 42.5 Å². The summed E-state index contributed by atoms with van der Waals surface area (Å²) in [6.07, 6.45) is 2.10. The van der Waals surface area contributed by atoms with Crippen molar-refractivity contribution in [3.05, 3.63) is 59.4 Å². The van der Waals surface area contributed by atoms with E-state index in [9.17, 15) is 9.18 Å². The van der Waals surface area contributed by atoms with E-state index in [4.69, 9.17) is 5.73 Å². The highest BCUT2D eigenvalue weighted by Crippen LogP contribution is 2.15. The number of nitrogens with one attached hydrogen (secondary N) is 1. The van der Waals surface area contributed by atoms with E-state index in [0.717, 1.165) is 12.8 Å². The van der Waals surface area contributed by atoms with Gasteiger partial charge in [0.25, 0.3) is 5.91 Å². The molecule has 0 atom stereocenters. The van der Waals surface area contributed by atoms with Gasteiger partial charge in [-0.15, -0.1) is 0 Å². The number of carbonyl (C=O) groups excluding carboxylic acids is 1. The van der Waals surface area contributed by atoms with Crippen molar-refractivity contribution in [2.24, 2.45) is 0 Å². The Morgan fingerprint density at radius 3 is 2.50 bits per heavy atom. The minimum Gasteiger partial charge on any atom is -0.396 e. The fraction of sp³-hybridized carbons (Fsp3) is 0.188. The lowest BCUT2D eigenvalue weighted by Gasteiger charge is -2.07. The number of hydrogen-bond acceptors (Lipinski definition) is 2. The van der Waals surface area contributed by atoms with Crippen LogP contribution in [0.4, 0.5) is 15.8 Å². The van der Waals surface area contributed by atoms with Gasteiger partial charge in [-0.3, -0.25) is 4.79 Å². The Morgan fingerprint density at radius 2 is 1.90 bits per heavy atom. The zero-order chi connectivity index (χ0) is 14.5. The lowest BCUT2D eigenvalue weighted by molar-refractivity contribution is 0.102. The van der Waals surface area contributed by atoms with Crippen molar-refractivity contribution in [2.45, 2.75) is 19.8 Å². The van der Waals surface area contributed by atoms with Gasteiger partial charge in [0.05, 0.1) is 5.69 Å². The Bertz CT molecular complexity index is 608. The maximum absolute atomic E-state index is 13.0. The number of amides is 1. The van der Waals surface area contributed by atoms with Crippen LogP contribution in [0.25, 0.3) is 0 Å². The molecule has 0 radical (unpaired) electrons. The van der Waals surface area contributed by atoms with E-state index in [1.807, 2.05) is 24.3 Å². The quantitative estimate of drug-likeness (QED) is 0.835. The van der Waals surface area contributed by atoms with Crippen molar-refractivity contribution in [3.8, 4) is 0 Å². The van der Waals surface area contributed by atoms with Crippen molar-refractivity contribution >= 4 is 17.3 Å². The first-order valence-electron chi connectivity index (χ1n) is 6.55. The summed E-state index contributed by atoms with van der Waals surface area (Å²) < 4.78 is 13.0. The molecule has 0 saturated carbocycles. The third kappa shape index (κ3) is 3.35. The van der Waals surface area contributed by atoms with Crippen LogP contribution >= 0.6 is 0 Å². The predicted octanol–water partition coefficient (Wildman–Crippen LogP) is 3.61. The van der Waals surface area contributed by atoms with Crippen LogP contribution < -0.4 is 11.1 Å². The van der Waals surface area contributed by atoms with E-state index < -0.39 is 5.82 Å². The summed E-state index contributed by atoms with van der Waals surface area (Å²) in [4.78, 5) is 12.0. The average Bonchev–Trinajstić information content (AvgIpc) is 2.44. The van der Waals surface area contributed by atoms with E-state index in [0.29, 0.717) is 11.3 Å². The molecular weight excluding hydrogens is 255 g/mol. The maximum Gasteiger partial charge on any atom is 0.255 e. The first-order valence-corrected chi connectivity index (χ1v) is 6.55. The summed E-state index contributed by atoms with van der Waals surface area (Å²) in [5.74, 6) is -0.828. The largest absolute Gasteiger partial charge is 0.396 e. The highest BCUT2D eigenvalue weighted by Gasteiger charge is 2.08. The Balaban J connectivity index is 2.08. The summed E-state index contributed by atoms with van der Waals surface area (Å²) >= 11 is 0. The van der Waals surface area contributed by atoms with Gasteiger partial charge in [-0.1, -0.05) is 25.5 Å². The second-order valence-corrected chi connectivity index (χ2v) is 4.64. The summed E-state index contributed by atoms with van der Waals surface area (Å²) in [6.45, 7) is 2.12. The molecule has 0 saturated heterocycles. The third-order valence-corrected chi connectivity index (χ3v) is 3.01. The highest BCUT2D eigenvalue weighted by atomic mass is 19.1. The van der Waals surface area contributed by atoms with Crippen LogP contribution in [-0.4, -0.2) is 5.91 Å². The molecule has 2 aromatic carbocycles. The van der Waals surface area contributed by atoms with Crippen LogP contribution in [-0.2, 0) is 6.42 Å². The maximum atomic E-state index is 13.0. The number of rotatable bonds is 4. The molecule has 3 N–H and O–H groups in total. The topological polar surface area (TPSA) is 55.1 Å². The summed E-state index contributed by atoms with van der Waals surface area (Å²) in [5.41, 5.74) is 7.69. The van der Waals surface area contributed by atoms with Gasteiger partial charge in [-0.25, -0.2) is 4.39 Å². The minimum atomic E-state index is -0.523. The standard InChI is InChI=1S/C16H17FN2O/c1-2-3-11-4-7-13(8-5-11)19-16(20)12-6-9-14(17)15(18)10-12/h4-10H,2-3,18H2,1H3,(H,19,20). The number of anilines is 2. The van der Waals surface area contributed by atoms with Crippen LogP contribution in [0.2, 0.25) is 0 Å². The van der Waals surface area contributed by atoms with Crippen molar-refractivity contribution in [1.29, 1.82) is 0 Å². The number of benzene rings is 2. The molecule has 20 heavy (non-hydrogen) atoms. The van der Waals surface area contributed by atoms with Gasteiger partial charge in [-0.2, -0.15) is 0 Å². The number of hydrogen-bond donors (Lipinski definition) is 2. The number of carbonyl (C=O) groups is 1. The summed E-state index contributed by atoms with van der Waals surface area (Å²) in [7, 11) is 0. The molecule has 0 heterocycles. The number of nitrogens with two attached hydrogens (primary N) is 1. The van der Waals surface area contributed by atoms with Gasteiger partial charge >= 0.3 is 0 Å². The molecule has 0 aromatic heterocycles. The zero-order valence-corrected chi connectivity index (χ0v) is 11.3. The van der Waals surface area contributed by atoms with Crippen LogP contribution in [0.5, 0.6) is 0 Å². The molecule has 104 valence electrons. The fourth-order valence-electron chi connectivity index (χ4n) is 1.93. The molecular formula is C16H17FN2O. The summed E-state index contributed by atoms with van der Waals surface area (Å²) in [6, 6.07) is 11.6. The van der Waals surface area contributed by atoms with Gasteiger partial charge in [0, 0.05) is 11.3 Å². The highest BCUT2D eigenvalue weighted by molar-refractivity contribution is 6.04. The molecule has 2 rings (SSSR count). The monoisotopic (exact) mass is 272 g/mol. The normalized spacial score (nSPS) is 10.3. The molecule has 1 amide bonds. The van der Waals surface area contributed by atoms with Gasteiger partial charge in [0.2, 0.25) is 0 Å². The lowest BCUT2D eigenvalue weighted by Crippen LogP contribution is -2.12. The zero-order valence-electron chi connectivity index (χ0n) is 11.3. The molecule has 0 aliphatic heterocycles. The van der Waals surface area contributed by atoms with E-state index >= 15 is 0 Å². The Morgan fingerprint density at radius 1 is 1.20 bits per heavy atom. The molecule has 3 nitrogen and oxygen atoms in total. The van der Waals surface area contributed by atoms with E-state index in [-0.39, 0.29) is 11.6 Å². The van der Waals surface area contributed by atoms with Gasteiger partial charge in [0.15, 0.2) is 0 Å². The minimum absolute atomic E-state index is 0.0315. The molecule has 0 fully saturated rings. The number of halogens is 1. The number of aryl methyl sites for hydroxylation is 1. The van der Waals surface area contributed by atoms with Crippen molar-refractivity contribution < 1.29 is 9.18 Å². The average molecular weight is 272 g/mol. The molecule has 0 spiro atoms. The first kappa shape index (κ1) is 14.1. The van der Waals surface area contributed by atoms with Gasteiger partial charge in [-0.05, 0) is 42.3 Å². The Hall–Kier alpha value is -2.36. The van der Waals surface area contributed by atoms with Crippen LogP contribution in [0, 0.1) is 5.82 Å². The number of nitrogen functional groups attached to an aromatic ring is 1. The Labute approximate surface area is 117 Å². The van der Waals surface area contributed by atoms with Crippen LogP contribution in [0.1, 0.15) is 29.3 Å². The molecule has 0 bridgehead atoms. The second kappa shape index (κ2) is 6.19. The van der Waals surface area contributed by atoms with E-state index in [2.05, 4.69) is 12.2 Å². The first-order chi connectivity index (χ1) is 9.60. The molecule has 0 aliphatic carbocycles. The predicted molar refractivity (Wildman–Crippen MR) is 79.2 cm³/mol. The fourth-order valence-corrected chi connectivity index (χ4v) is 1.93. The Kier molecular flexibility index (Phi) is 4.35. The lowest BCUT2D eigenvalue weighted by atomic mass is 10.1. The molecule has 4 heteroatoms. The third-order valence-electron chi connectivity index (χ3n) is 3.01. The summed E-state index contributed by atoms with van der Waals surface area (Å²) in [5, 5.41) is 2.76. The van der Waals surface area contributed by atoms with Crippen molar-refractivity contribution in [3.63, 3.8) is 0 Å². The van der Waals surface area contributed by atoms with Crippen molar-refractivity contribution in [2.75, 3.05) is 11.1 Å². The molecule has 0 aliphatic rings. The second-order valence-electron chi connectivity index (χ2n) is 4.64. The van der Waals surface area contributed by atoms with Gasteiger partial charge in [0.1, 0.15) is 5.82 Å². The smallest absolute Gasteiger partial charge is 0.255 e. The van der Waals surface area contributed by atoms with E-state index in [1.165, 1.54) is 23.8 Å². The van der Waals surface area contributed by atoms with Crippen molar-refractivity contribution in [1.82, 2.24) is 0 Å². The molecule has 0 unspecified atom stereocenters. The molecule has 2 aromatic rings. The van der Waals surface area contributed by atoms with Gasteiger partial charge < -0.3 is 11.1 Å². The SMILES string of the molecule is CCCc1ccc(NC(=O)c2ccc(F)c(N)c2)cc1. The van der Waals surface area contributed by atoms with E-state index in [1.54, 1.807) is 0 Å².